The Balaban J connectivity index is 2.02. The summed E-state index contributed by atoms with van der Waals surface area (Å²) in [5.41, 5.74) is 3.67. The molecule has 0 aliphatic heterocycles. The number of phenolic OH excluding ortho intramolecular Hbond substituents is 1. The summed E-state index contributed by atoms with van der Waals surface area (Å²) in [5, 5.41) is 13.4. The lowest BCUT2D eigenvalue weighted by molar-refractivity contribution is -0.131. The maximum Gasteiger partial charge on any atom is 0.273 e. The van der Waals surface area contributed by atoms with Crippen molar-refractivity contribution in [3.63, 3.8) is 0 Å². The highest BCUT2D eigenvalue weighted by atomic mass is 16.5. The molecule has 0 unspecified atom stereocenters. The van der Waals surface area contributed by atoms with Crippen molar-refractivity contribution >= 4 is 12.1 Å². The van der Waals surface area contributed by atoms with E-state index in [1.807, 2.05) is 18.2 Å². The van der Waals surface area contributed by atoms with Crippen molar-refractivity contribution < 1.29 is 14.6 Å². The number of para-hydroxylation sites is 1. The summed E-state index contributed by atoms with van der Waals surface area (Å²) in [6.45, 7) is 0. The van der Waals surface area contributed by atoms with Crippen LogP contribution in [0.2, 0.25) is 0 Å². The molecule has 1 amide bonds. The van der Waals surface area contributed by atoms with Gasteiger partial charge in [0, 0.05) is 12.7 Å². The summed E-state index contributed by atoms with van der Waals surface area (Å²) >= 11 is 0. The highest BCUT2D eigenvalue weighted by Crippen LogP contribution is 2.16. The summed E-state index contributed by atoms with van der Waals surface area (Å²) in [7, 11) is 1.46. The van der Waals surface area contributed by atoms with E-state index in [-0.39, 0.29) is 11.7 Å². The van der Waals surface area contributed by atoms with Crippen LogP contribution in [0.4, 0.5) is 0 Å². The van der Waals surface area contributed by atoms with E-state index in [9.17, 15) is 9.90 Å². The van der Waals surface area contributed by atoms with Crippen molar-refractivity contribution in [3.05, 3.63) is 65.7 Å². The molecule has 1 atom stereocenters. The quantitative estimate of drug-likeness (QED) is 0.653. The van der Waals surface area contributed by atoms with Crippen LogP contribution in [0.5, 0.6) is 5.75 Å². The summed E-state index contributed by atoms with van der Waals surface area (Å²) < 4.78 is 5.19. The standard InChI is InChI=1S/C16H16N2O3/c1-21-15(12-7-3-2-4-8-12)16(20)18-17-11-13-9-5-6-10-14(13)19/h2-11,15,19H,1H3,(H,18,20)/b17-11+/t15-/m1/s1. The molecule has 0 fully saturated rings. The first kappa shape index (κ1) is 14.7. The SMILES string of the molecule is CO[C@@H](C(=O)N/N=C/c1ccccc1O)c1ccccc1. The smallest absolute Gasteiger partial charge is 0.273 e. The van der Waals surface area contributed by atoms with Crippen LogP contribution in [0.25, 0.3) is 0 Å². The van der Waals surface area contributed by atoms with Crippen LogP contribution in [-0.4, -0.2) is 24.3 Å². The van der Waals surface area contributed by atoms with Crippen LogP contribution in [0.3, 0.4) is 0 Å². The molecule has 5 nitrogen and oxygen atoms in total. The molecule has 0 radical (unpaired) electrons. The summed E-state index contributed by atoms with van der Waals surface area (Å²) in [6, 6.07) is 15.9. The van der Waals surface area contributed by atoms with Crippen molar-refractivity contribution in [3.8, 4) is 5.75 Å². The average molecular weight is 284 g/mol. The van der Waals surface area contributed by atoms with Gasteiger partial charge in [0.2, 0.25) is 0 Å². The molecular formula is C16H16N2O3. The molecular weight excluding hydrogens is 268 g/mol. The average Bonchev–Trinajstić information content (AvgIpc) is 2.51. The number of amides is 1. The number of nitrogens with zero attached hydrogens (tertiary/aromatic N) is 1. The molecule has 0 aliphatic carbocycles. The van der Waals surface area contributed by atoms with Gasteiger partial charge in [0.15, 0.2) is 6.10 Å². The molecule has 0 spiro atoms. The number of rotatable bonds is 5. The van der Waals surface area contributed by atoms with E-state index in [0.29, 0.717) is 5.56 Å². The lowest BCUT2D eigenvalue weighted by atomic mass is 10.1. The minimum atomic E-state index is -0.729. The number of ether oxygens (including phenoxy) is 1. The fourth-order valence-electron chi connectivity index (χ4n) is 1.84. The van der Waals surface area contributed by atoms with Crippen molar-refractivity contribution in [1.82, 2.24) is 5.43 Å². The Morgan fingerprint density at radius 2 is 1.86 bits per heavy atom. The molecule has 0 heterocycles. The van der Waals surface area contributed by atoms with Gasteiger partial charge in [-0.15, -0.1) is 0 Å². The van der Waals surface area contributed by atoms with Crippen LogP contribution >= 0.6 is 0 Å². The highest BCUT2D eigenvalue weighted by molar-refractivity contribution is 5.86. The van der Waals surface area contributed by atoms with Gasteiger partial charge in [0.25, 0.3) is 5.91 Å². The molecule has 2 N–H and O–H groups in total. The number of carbonyl (C=O) groups is 1. The number of phenols is 1. The van der Waals surface area contributed by atoms with Crippen molar-refractivity contribution in [2.45, 2.75) is 6.10 Å². The Morgan fingerprint density at radius 3 is 2.52 bits per heavy atom. The molecule has 0 aliphatic rings. The maximum atomic E-state index is 12.0. The van der Waals surface area contributed by atoms with E-state index in [0.717, 1.165) is 5.56 Å². The van der Waals surface area contributed by atoms with Gasteiger partial charge in [0.05, 0.1) is 6.21 Å². The van der Waals surface area contributed by atoms with Crippen LogP contribution in [-0.2, 0) is 9.53 Å². The van der Waals surface area contributed by atoms with Crippen LogP contribution in [0.15, 0.2) is 59.7 Å². The van der Waals surface area contributed by atoms with E-state index in [1.165, 1.54) is 13.3 Å². The third kappa shape index (κ3) is 3.90. The molecule has 5 heteroatoms. The number of aromatic hydroxyl groups is 1. The van der Waals surface area contributed by atoms with Crippen LogP contribution < -0.4 is 5.43 Å². The number of methoxy groups -OCH3 is 1. The minimum Gasteiger partial charge on any atom is -0.507 e. The zero-order valence-electron chi connectivity index (χ0n) is 11.6. The third-order valence-electron chi connectivity index (χ3n) is 2.89. The number of carbonyl (C=O) groups excluding carboxylic acids is 1. The number of hydrazone groups is 1. The van der Waals surface area contributed by atoms with E-state index >= 15 is 0 Å². The molecule has 0 bridgehead atoms. The van der Waals surface area contributed by atoms with Gasteiger partial charge in [-0.1, -0.05) is 42.5 Å². The highest BCUT2D eigenvalue weighted by Gasteiger charge is 2.19. The number of nitrogens with one attached hydrogen (secondary N) is 1. The van der Waals surface area contributed by atoms with Crippen molar-refractivity contribution in [1.29, 1.82) is 0 Å². The maximum absolute atomic E-state index is 12.0. The Labute approximate surface area is 122 Å². The Kier molecular flexibility index (Phi) is 5.06. The first-order chi connectivity index (χ1) is 10.2. The normalized spacial score (nSPS) is 12.2. The molecule has 0 saturated carbocycles. The number of benzene rings is 2. The molecule has 21 heavy (non-hydrogen) atoms. The Morgan fingerprint density at radius 1 is 1.19 bits per heavy atom. The van der Waals surface area contributed by atoms with Crippen LogP contribution in [0, 0.1) is 0 Å². The van der Waals surface area contributed by atoms with E-state index in [1.54, 1.807) is 36.4 Å². The lowest BCUT2D eigenvalue weighted by Gasteiger charge is -2.13. The second kappa shape index (κ2) is 7.21. The van der Waals surface area contributed by atoms with Gasteiger partial charge in [-0.2, -0.15) is 5.10 Å². The van der Waals surface area contributed by atoms with Gasteiger partial charge in [-0.05, 0) is 17.7 Å². The van der Waals surface area contributed by atoms with E-state index in [2.05, 4.69) is 10.5 Å². The first-order valence-electron chi connectivity index (χ1n) is 6.41. The third-order valence-corrected chi connectivity index (χ3v) is 2.89. The minimum absolute atomic E-state index is 0.0989. The Bertz CT molecular complexity index is 626. The number of hydrogen-bond donors (Lipinski definition) is 2. The number of hydrogen-bond acceptors (Lipinski definition) is 4. The second-order valence-electron chi connectivity index (χ2n) is 4.32. The second-order valence-corrected chi connectivity index (χ2v) is 4.32. The predicted octanol–water partition coefficient (Wildman–Crippen LogP) is 2.23. The Hall–Kier alpha value is -2.66. The molecule has 2 rings (SSSR count). The van der Waals surface area contributed by atoms with Gasteiger partial charge < -0.3 is 9.84 Å². The molecule has 0 aromatic heterocycles. The monoisotopic (exact) mass is 284 g/mol. The van der Waals surface area contributed by atoms with Gasteiger partial charge in [0.1, 0.15) is 5.75 Å². The molecule has 108 valence electrons. The van der Waals surface area contributed by atoms with Crippen molar-refractivity contribution in [2.75, 3.05) is 7.11 Å². The zero-order chi connectivity index (χ0) is 15.1. The topological polar surface area (TPSA) is 70.9 Å². The molecule has 0 saturated heterocycles. The fraction of sp³-hybridized carbons (Fsp3) is 0.125. The van der Waals surface area contributed by atoms with Crippen LogP contribution in [0.1, 0.15) is 17.2 Å². The zero-order valence-corrected chi connectivity index (χ0v) is 11.6. The van der Waals surface area contributed by atoms with Gasteiger partial charge >= 0.3 is 0 Å². The van der Waals surface area contributed by atoms with E-state index in [4.69, 9.17) is 4.74 Å². The lowest BCUT2D eigenvalue weighted by Crippen LogP contribution is -2.26. The van der Waals surface area contributed by atoms with Gasteiger partial charge in [-0.25, -0.2) is 5.43 Å². The summed E-state index contributed by atoms with van der Waals surface area (Å²) in [6.07, 6.45) is 0.651. The largest absolute Gasteiger partial charge is 0.507 e. The van der Waals surface area contributed by atoms with Gasteiger partial charge in [-0.3, -0.25) is 4.79 Å². The first-order valence-corrected chi connectivity index (χ1v) is 6.41. The van der Waals surface area contributed by atoms with E-state index < -0.39 is 6.10 Å². The molecule has 2 aromatic carbocycles. The predicted molar refractivity (Wildman–Crippen MR) is 80.0 cm³/mol. The van der Waals surface area contributed by atoms with Crippen molar-refractivity contribution in [2.24, 2.45) is 5.10 Å². The fourth-order valence-corrected chi connectivity index (χ4v) is 1.84. The summed E-state index contributed by atoms with van der Waals surface area (Å²) in [4.78, 5) is 12.0. The summed E-state index contributed by atoms with van der Waals surface area (Å²) in [5.74, 6) is -0.280. The molecule has 2 aromatic rings.